The largest absolute Gasteiger partial charge is 0.390 e. The highest BCUT2D eigenvalue weighted by Crippen LogP contribution is 2.25. The fraction of sp³-hybridized carbons (Fsp3) is 0.400. The summed E-state index contributed by atoms with van der Waals surface area (Å²) < 4.78 is 14.9. The van der Waals surface area contributed by atoms with Gasteiger partial charge >= 0.3 is 0 Å². The van der Waals surface area contributed by atoms with Crippen molar-refractivity contribution in [2.45, 2.75) is 43.8 Å². The molecule has 0 fully saturated rings. The van der Waals surface area contributed by atoms with Crippen molar-refractivity contribution < 1.29 is 9.50 Å². The number of aliphatic hydroxyl groups excluding tert-OH is 1. The molecule has 0 unspecified atom stereocenters. The van der Waals surface area contributed by atoms with Crippen molar-refractivity contribution in [1.29, 1.82) is 0 Å². The minimum Gasteiger partial charge on any atom is -0.390 e. The molecule has 5 heteroatoms. The lowest BCUT2D eigenvalue weighted by Crippen LogP contribution is -2.03. The first kappa shape index (κ1) is 15.1. The van der Waals surface area contributed by atoms with E-state index in [0.717, 1.165) is 17.1 Å². The van der Waals surface area contributed by atoms with Gasteiger partial charge in [-0.25, -0.2) is 9.37 Å². The van der Waals surface area contributed by atoms with Crippen molar-refractivity contribution in [3.05, 3.63) is 47.5 Å². The molecule has 0 amide bonds. The Hall–Kier alpha value is -1.33. The molecule has 0 radical (unpaired) electrons. The van der Waals surface area contributed by atoms with Crippen LogP contribution in [-0.4, -0.2) is 19.9 Å². The van der Waals surface area contributed by atoms with E-state index in [1.54, 1.807) is 23.9 Å². The van der Waals surface area contributed by atoms with Crippen LogP contribution in [0.3, 0.4) is 0 Å². The molecule has 1 aromatic carbocycles. The summed E-state index contributed by atoms with van der Waals surface area (Å²) in [4.78, 5) is 4.43. The molecule has 0 aliphatic heterocycles. The molecule has 0 aliphatic carbocycles. The second-order valence-corrected chi connectivity index (χ2v) is 6.17. The number of rotatable bonds is 6. The molecule has 0 saturated carbocycles. The monoisotopic (exact) mass is 294 g/mol. The first-order valence-corrected chi connectivity index (χ1v) is 7.58. The Bertz CT molecular complexity index is 554. The van der Waals surface area contributed by atoms with Gasteiger partial charge in [-0.05, 0) is 24.1 Å². The van der Waals surface area contributed by atoms with Crippen LogP contribution in [0.4, 0.5) is 4.39 Å². The second-order valence-electron chi connectivity index (χ2n) is 4.76. The molecule has 20 heavy (non-hydrogen) atoms. The average Bonchev–Trinajstić information content (AvgIpc) is 2.83. The van der Waals surface area contributed by atoms with Gasteiger partial charge in [-0.15, -0.1) is 0 Å². The second kappa shape index (κ2) is 6.90. The Morgan fingerprint density at radius 1 is 1.35 bits per heavy atom. The van der Waals surface area contributed by atoms with E-state index in [2.05, 4.69) is 18.8 Å². The normalized spacial score (nSPS) is 12.6. The Morgan fingerprint density at radius 3 is 2.65 bits per heavy atom. The van der Waals surface area contributed by atoms with Gasteiger partial charge in [0, 0.05) is 18.0 Å². The number of hydrogen-bond donors (Lipinski definition) is 1. The van der Waals surface area contributed by atoms with Crippen LogP contribution in [0.15, 0.2) is 35.6 Å². The van der Waals surface area contributed by atoms with Crippen LogP contribution in [0.2, 0.25) is 0 Å². The molecule has 1 heterocycles. The third-order valence-corrected chi connectivity index (χ3v) is 4.37. The molecule has 0 spiro atoms. The van der Waals surface area contributed by atoms with E-state index in [0.29, 0.717) is 17.5 Å². The van der Waals surface area contributed by atoms with Crippen molar-refractivity contribution >= 4 is 11.8 Å². The van der Waals surface area contributed by atoms with Crippen LogP contribution in [0.5, 0.6) is 0 Å². The molecule has 3 nitrogen and oxygen atoms in total. The van der Waals surface area contributed by atoms with Gasteiger partial charge in [-0.3, -0.25) is 0 Å². The van der Waals surface area contributed by atoms with E-state index < -0.39 is 0 Å². The summed E-state index contributed by atoms with van der Waals surface area (Å²) in [5.74, 6) is -0.232. The lowest BCUT2D eigenvalue weighted by atomic mass is 10.2. The lowest BCUT2D eigenvalue weighted by Gasteiger charge is -2.10. The molecule has 2 aromatic rings. The van der Waals surface area contributed by atoms with Crippen molar-refractivity contribution in [2.24, 2.45) is 0 Å². The van der Waals surface area contributed by atoms with Gasteiger partial charge < -0.3 is 9.67 Å². The highest BCUT2D eigenvalue weighted by molar-refractivity contribution is 7.99. The van der Waals surface area contributed by atoms with Crippen LogP contribution >= 0.6 is 11.8 Å². The summed E-state index contributed by atoms with van der Waals surface area (Å²) in [6, 6.07) is 6.46. The minimum absolute atomic E-state index is 0.0650. The molecule has 1 aromatic heterocycles. The van der Waals surface area contributed by atoms with Gasteiger partial charge in [0.15, 0.2) is 5.16 Å². The number of benzene rings is 1. The fourth-order valence-electron chi connectivity index (χ4n) is 1.78. The topological polar surface area (TPSA) is 38.1 Å². The van der Waals surface area contributed by atoms with E-state index in [1.165, 1.54) is 12.1 Å². The zero-order chi connectivity index (χ0) is 14.5. The number of nitrogens with zero attached hydrogens (tertiary/aromatic N) is 2. The van der Waals surface area contributed by atoms with Crippen LogP contribution in [0.25, 0.3) is 0 Å². The first-order valence-electron chi connectivity index (χ1n) is 6.70. The molecule has 108 valence electrons. The van der Waals surface area contributed by atoms with E-state index >= 15 is 0 Å². The molecule has 1 N–H and O–H groups in total. The Balaban J connectivity index is 2.20. The predicted octanol–water partition coefficient (Wildman–Crippen LogP) is 3.45. The maximum atomic E-state index is 12.9. The zero-order valence-corrected chi connectivity index (χ0v) is 12.5. The number of aromatic nitrogens is 2. The quantitative estimate of drug-likeness (QED) is 0.829. The highest BCUT2D eigenvalue weighted by atomic mass is 32.2. The third kappa shape index (κ3) is 3.84. The molecule has 2 rings (SSSR count). The Labute approximate surface area is 122 Å². The van der Waals surface area contributed by atoms with Gasteiger partial charge in [0.05, 0.1) is 12.3 Å². The fourth-order valence-corrected chi connectivity index (χ4v) is 2.73. The van der Waals surface area contributed by atoms with Gasteiger partial charge in [0.25, 0.3) is 0 Å². The van der Waals surface area contributed by atoms with E-state index in [-0.39, 0.29) is 12.4 Å². The molecule has 0 aliphatic rings. The highest BCUT2D eigenvalue weighted by Gasteiger charge is 2.11. The summed E-state index contributed by atoms with van der Waals surface area (Å²) in [5, 5.41) is 10.6. The first-order chi connectivity index (χ1) is 9.62. The van der Waals surface area contributed by atoms with Gasteiger partial charge in [0.1, 0.15) is 5.82 Å². The smallest absolute Gasteiger partial charge is 0.168 e. The summed E-state index contributed by atoms with van der Waals surface area (Å²) in [6.07, 6.45) is 2.91. The van der Waals surface area contributed by atoms with Crippen molar-refractivity contribution in [2.75, 3.05) is 0 Å². The Morgan fingerprint density at radius 2 is 2.05 bits per heavy atom. The number of aliphatic hydroxyl groups is 1. The SMILES string of the molecule is CC[C@@H](C)Sc1nc(CO)cn1Cc1ccc(F)cc1. The molecular formula is C15H19FN2OS. The maximum Gasteiger partial charge on any atom is 0.168 e. The number of thioether (sulfide) groups is 1. The number of imidazole rings is 1. The minimum atomic E-state index is -0.232. The molecule has 0 bridgehead atoms. The number of halogens is 1. The van der Waals surface area contributed by atoms with E-state index in [1.807, 2.05) is 10.8 Å². The zero-order valence-electron chi connectivity index (χ0n) is 11.7. The van der Waals surface area contributed by atoms with Crippen LogP contribution in [0, 0.1) is 5.82 Å². The lowest BCUT2D eigenvalue weighted by molar-refractivity contribution is 0.277. The van der Waals surface area contributed by atoms with Crippen molar-refractivity contribution in [3.63, 3.8) is 0 Å². The standard InChI is InChI=1S/C15H19FN2OS/c1-3-11(2)20-15-17-14(10-19)9-18(15)8-12-4-6-13(16)7-5-12/h4-7,9,11,19H,3,8,10H2,1-2H3/t11-/m1/s1. The summed E-state index contributed by atoms with van der Waals surface area (Å²) >= 11 is 1.70. The third-order valence-electron chi connectivity index (χ3n) is 3.10. The molecule has 0 saturated heterocycles. The molecule has 1 atom stereocenters. The van der Waals surface area contributed by atoms with E-state index in [9.17, 15) is 9.50 Å². The predicted molar refractivity (Wildman–Crippen MR) is 79.3 cm³/mol. The summed E-state index contributed by atoms with van der Waals surface area (Å²) in [7, 11) is 0. The van der Waals surface area contributed by atoms with Crippen LogP contribution in [-0.2, 0) is 13.2 Å². The van der Waals surface area contributed by atoms with Crippen molar-refractivity contribution in [3.8, 4) is 0 Å². The maximum absolute atomic E-state index is 12.9. The van der Waals surface area contributed by atoms with Crippen LogP contribution < -0.4 is 0 Å². The van der Waals surface area contributed by atoms with Gasteiger partial charge in [-0.1, -0.05) is 37.7 Å². The van der Waals surface area contributed by atoms with Gasteiger partial charge in [0.2, 0.25) is 0 Å². The Kier molecular flexibility index (Phi) is 5.20. The summed E-state index contributed by atoms with van der Waals surface area (Å²) in [6.45, 7) is 4.86. The average molecular weight is 294 g/mol. The van der Waals surface area contributed by atoms with Crippen molar-refractivity contribution in [1.82, 2.24) is 9.55 Å². The summed E-state index contributed by atoms with van der Waals surface area (Å²) in [5.41, 5.74) is 1.68. The van der Waals surface area contributed by atoms with E-state index in [4.69, 9.17) is 0 Å². The van der Waals surface area contributed by atoms with Gasteiger partial charge in [-0.2, -0.15) is 0 Å². The molecular weight excluding hydrogens is 275 g/mol. The van der Waals surface area contributed by atoms with Crippen LogP contribution in [0.1, 0.15) is 31.5 Å². The number of hydrogen-bond acceptors (Lipinski definition) is 3.